The Bertz CT molecular complexity index is 468. The molecule has 2 rings (SSSR count). The van der Waals surface area contributed by atoms with E-state index in [9.17, 15) is 0 Å². The normalized spacial score (nSPS) is 12.0. The number of benzene rings is 1. The summed E-state index contributed by atoms with van der Waals surface area (Å²) in [5.41, 5.74) is 0.886. The summed E-state index contributed by atoms with van der Waals surface area (Å²) in [4.78, 5) is 7.01. The zero-order valence-electron chi connectivity index (χ0n) is 7.81. The highest BCUT2D eigenvalue weighted by molar-refractivity contribution is 6.30. The fourth-order valence-corrected chi connectivity index (χ4v) is 1.51. The largest absolute Gasteiger partial charge is 0.347 e. The third-order valence-electron chi connectivity index (χ3n) is 2.13. The Morgan fingerprint density at radius 2 is 2.07 bits per heavy atom. The van der Waals surface area contributed by atoms with Gasteiger partial charge in [0.05, 0.1) is 6.07 Å². The van der Waals surface area contributed by atoms with Crippen LogP contribution in [0, 0.1) is 11.3 Å². The van der Waals surface area contributed by atoms with E-state index in [0.717, 1.165) is 5.56 Å². The van der Waals surface area contributed by atoms with Crippen LogP contribution in [0.15, 0.2) is 36.7 Å². The van der Waals surface area contributed by atoms with Crippen molar-refractivity contribution in [1.82, 2.24) is 9.97 Å². The second-order valence-corrected chi connectivity index (χ2v) is 3.52. The van der Waals surface area contributed by atoms with E-state index in [0.29, 0.717) is 10.8 Å². The summed E-state index contributed by atoms with van der Waals surface area (Å²) in [7, 11) is 0. The summed E-state index contributed by atoms with van der Waals surface area (Å²) in [5, 5.41) is 9.74. The Balaban J connectivity index is 2.37. The molecule has 0 aliphatic rings. The Morgan fingerprint density at radius 1 is 1.33 bits per heavy atom. The van der Waals surface area contributed by atoms with Crippen molar-refractivity contribution in [1.29, 1.82) is 5.26 Å². The second kappa shape index (κ2) is 4.16. The van der Waals surface area contributed by atoms with Crippen molar-refractivity contribution in [3.8, 4) is 6.07 Å². The van der Waals surface area contributed by atoms with Gasteiger partial charge in [0.25, 0.3) is 0 Å². The highest BCUT2D eigenvalue weighted by Crippen LogP contribution is 2.22. The summed E-state index contributed by atoms with van der Waals surface area (Å²) in [5.74, 6) is 0.289. The maximum absolute atomic E-state index is 9.08. The van der Waals surface area contributed by atoms with Crippen LogP contribution in [0.3, 0.4) is 0 Å². The zero-order chi connectivity index (χ0) is 10.7. The van der Waals surface area contributed by atoms with Gasteiger partial charge in [-0.25, -0.2) is 4.98 Å². The Labute approximate surface area is 92.3 Å². The van der Waals surface area contributed by atoms with Crippen LogP contribution in [-0.2, 0) is 0 Å². The minimum Gasteiger partial charge on any atom is -0.347 e. The van der Waals surface area contributed by atoms with Crippen LogP contribution in [-0.4, -0.2) is 9.97 Å². The maximum atomic E-state index is 9.08. The number of nitrogens with one attached hydrogen (secondary N) is 1. The second-order valence-electron chi connectivity index (χ2n) is 3.09. The van der Waals surface area contributed by atoms with Crippen molar-refractivity contribution < 1.29 is 0 Å². The van der Waals surface area contributed by atoms with E-state index in [-0.39, 0.29) is 5.92 Å². The van der Waals surface area contributed by atoms with Gasteiger partial charge in [-0.2, -0.15) is 5.26 Å². The molecule has 1 heterocycles. The van der Waals surface area contributed by atoms with E-state index in [1.807, 2.05) is 12.1 Å². The van der Waals surface area contributed by atoms with Gasteiger partial charge in [-0.05, 0) is 17.7 Å². The minimum atomic E-state index is -0.364. The lowest BCUT2D eigenvalue weighted by Gasteiger charge is -2.05. The summed E-state index contributed by atoms with van der Waals surface area (Å²) < 4.78 is 0. The van der Waals surface area contributed by atoms with E-state index >= 15 is 0 Å². The topological polar surface area (TPSA) is 52.5 Å². The van der Waals surface area contributed by atoms with Gasteiger partial charge in [0.15, 0.2) is 0 Å². The monoisotopic (exact) mass is 217 g/mol. The van der Waals surface area contributed by atoms with E-state index < -0.39 is 0 Å². The summed E-state index contributed by atoms with van der Waals surface area (Å²) in [6.45, 7) is 0. The van der Waals surface area contributed by atoms with Gasteiger partial charge in [0, 0.05) is 17.4 Å². The van der Waals surface area contributed by atoms with Crippen LogP contribution in [0.2, 0.25) is 5.02 Å². The highest BCUT2D eigenvalue weighted by Gasteiger charge is 2.14. The molecular formula is C11H8ClN3. The third-order valence-corrected chi connectivity index (χ3v) is 2.38. The standard InChI is InChI=1S/C11H8ClN3/c12-9-3-1-8(2-4-9)10(7-13)11-14-5-6-15-11/h1-6,10H,(H,14,15). The number of imidazole rings is 1. The van der Waals surface area contributed by atoms with E-state index in [1.54, 1.807) is 24.5 Å². The van der Waals surface area contributed by atoms with E-state index in [1.165, 1.54) is 0 Å². The van der Waals surface area contributed by atoms with Gasteiger partial charge in [0.1, 0.15) is 11.7 Å². The SMILES string of the molecule is N#CC(c1ccc(Cl)cc1)c1ncc[nH]1. The third kappa shape index (κ3) is 2.00. The van der Waals surface area contributed by atoms with Crippen LogP contribution >= 0.6 is 11.6 Å². The molecule has 1 unspecified atom stereocenters. The van der Waals surface area contributed by atoms with Crippen molar-refractivity contribution in [3.63, 3.8) is 0 Å². The molecule has 15 heavy (non-hydrogen) atoms. The van der Waals surface area contributed by atoms with Gasteiger partial charge in [-0.15, -0.1) is 0 Å². The van der Waals surface area contributed by atoms with Crippen LogP contribution in [0.1, 0.15) is 17.3 Å². The van der Waals surface area contributed by atoms with Gasteiger partial charge in [-0.3, -0.25) is 0 Å². The van der Waals surface area contributed by atoms with Crippen molar-refractivity contribution in [2.24, 2.45) is 0 Å². The van der Waals surface area contributed by atoms with Crippen LogP contribution in [0.4, 0.5) is 0 Å². The predicted molar refractivity (Wildman–Crippen MR) is 57.5 cm³/mol. The van der Waals surface area contributed by atoms with E-state index in [2.05, 4.69) is 16.0 Å². The molecule has 0 aliphatic heterocycles. The van der Waals surface area contributed by atoms with Gasteiger partial charge < -0.3 is 4.98 Å². The van der Waals surface area contributed by atoms with Gasteiger partial charge in [0.2, 0.25) is 0 Å². The molecule has 0 bridgehead atoms. The number of hydrogen-bond donors (Lipinski definition) is 1. The van der Waals surface area contributed by atoms with E-state index in [4.69, 9.17) is 16.9 Å². The fraction of sp³-hybridized carbons (Fsp3) is 0.0909. The molecule has 2 aromatic rings. The molecule has 1 atom stereocenters. The molecule has 1 N–H and O–H groups in total. The van der Waals surface area contributed by atoms with Crippen LogP contribution < -0.4 is 0 Å². The molecule has 1 aromatic carbocycles. The first-order valence-corrected chi connectivity index (χ1v) is 4.83. The molecular weight excluding hydrogens is 210 g/mol. The summed E-state index contributed by atoms with van der Waals surface area (Å²) in [6, 6.07) is 9.40. The molecule has 1 aromatic heterocycles. The number of H-pyrrole nitrogens is 1. The quantitative estimate of drug-likeness (QED) is 0.841. The van der Waals surface area contributed by atoms with Crippen molar-refractivity contribution >= 4 is 11.6 Å². The molecule has 74 valence electrons. The number of aromatic amines is 1. The lowest BCUT2D eigenvalue weighted by Crippen LogP contribution is -1.99. The highest BCUT2D eigenvalue weighted by atomic mass is 35.5. The first kappa shape index (κ1) is 9.75. The smallest absolute Gasteiger partial charge is 0.129 e. The number of aromatic nitrogens is 2. The molecule has 0 radical (unpaired) electrons. The average Bonchev–Trinajstić information content (AvgIpc) is 2.75. The molecule has 3 nitrogen and oxygen atoms in total. The minimum absolute atomic E-state index is 0.364. The van der Waals surface area contributed by atoms with Crippen molar-refractivity contribution in [2.45, 2.75) is 5.92 Å². The fourth-order valence-electron chi connectivity index (χ4n) is 1.38. The molecule has 0 fully saturated rings. The first-order chi connectivity index (χ1) is 7.31. The molecule has 0 aliphatic carbocycles. The van der Waals surface area contributed by atoms with Crippen molar-refractivity contribution in [3.05, 3.63) is 53.1 Å². The van der Waals surface area contributed by atoms with Crippen LogP contribution in [0.25, 0.3) is 0 Å². The Kier molecular flexibility index (Phi) is 2.70. The molecule has 0 spiro atoms. The number of hydrogen-bond acceptors (Lipinski definition) is 2. The van der Waals surface area contributed by atoms with Gasteiger partial charge >= 0.3 is 0 Å². The zero-order valence-corrected chi connectivity index (χ0v) is 8.57. The number of halogens is 1. The lowest BCUT2D eigenvalue weighted by molar-refractivity contribution is 0.927. The van der Waals surface area contributed by atoms with Gasteiger partial charge in [-0.1, -0.05) is 23.7 Å². The van der Waals surface area contributed by atoms with Crippen molar-refractivity contribution in [2.75, 3.05) is 0 Å². The average molecular weight is 218 g/mol. The first-order valence-electron chi connectivity index (χ1n) is 4.45. The maximum Gasteiger partial charge on any atom is 0.129 e. The Morgan fingerprint density at radius 3 is 2.60 bits per heavy atom. The Hall–Kier alpha value is -1.79. The number of nitriles is 1. The summed E-state index contributed by atoms with van der Waals surface area (Å²) >= 11 is 5.78. The van der Waals surface area contributed by atoms with Crippen LogP contribution in [0.5, 0.6) is 0 Å². The molecule has 0 saturated heterocycles. The summed E-state index contributed by atoms with van der Waals surface area (Å²) in [6.07, 6.45) is 3.34. The molecule has 0 amide bonds. The predicted octanol–water partition coefficient (Wildman–Crippen LogP) is 2.72. The number of rotatable bonds is 2. The number of nitrogens with zero attached hydrogens (tertiary/aromatic N) is 2. The molecule has 0 saturated carbocycles. The molecule has 4 heteroatoms. The lowest BCUT2D eigenvalue weighted by atomic mass is 10.0.